The first-order valence-electron chi connectivity index (χ1n) is 7.28. The molecular weight excluding hydrogens is 308 g/mol. The van der Waals surface area contributed by atoms with E-state index in [-0.39, 0.29) is 0 Å². The summed E-state index contributed by atoms with van der Waals surface area (Å²) in [5, 5.41) is 3.24. The van der Waals surface area contributed by atoms with Crippen molar-refractivity contribution in [2.24, 2.45) is 5.92 Å². The lowest BCUT2D eigenvalue weighted by Crippen LogP contribution is -2.29. The summed E-state index contributed by atoms with van der Waals surface area (Å²) in [7, 11) is -1.70. The zero-order valence-electron chi connectivity index (χ0n) is 12.9. The molecule has 0 aliphatic carbocycles. The molecule has 0 radical (unpaired) electrons. The number of hydrogen-bond donors (Lipinski definition) is 1. The second-order valence-corrected chi connectivity index (χ2v) is 8.63. The van der Waals surface area contributed by atoms with Gasteiger partial charge in [0.05, 0.1) is 11.5 Å². The average Bonchev–Trinajstić information content (AvgIpc) is 3.04. The fourth-order valence-electron chi connectivity index (χ4n) is 2.64. The number of hydrogen-bond acceptors (Lipinski definition) is 5. The summed E-state index contributed by atoms with van der Waals surface area (Å²) in [6.45, 7) is 7.31. The Morgan fingerprint density at radius 1 is 1.52 bits per heavy atom. The molecule has 0 spiro atoms. The highest BCUT2D eigenvalue weighted by Crippen LogP contribution is 2.31. The first-order valence-corrected chi connectivity index (χ1v) is 9.53. The third-order valence-corrected chi connectivity index (χ3v) is 6.91. The van der Waals surface area contributed by atoms with E-state index in [2.05, 4.69) is 5.32 Å². The van der Waals surface area contributed by atoms with Crippen LogP contribution in [0.2, 0.25) is 0 Å². The molecule has 1 unspecified atom stereocenters. The second-order valence-electron chi connectivity index (χ2n) is 5.39. The topological polar surface area (TPSA) is 58.6 Å². The third kappa shape index (κ3) is 3.84. The van der Waals surface area contributed by atoms with Gasteiger partial charge in [-0.05, 0) is 31.9 Å². The van der Waals surface area contributed by atoms with Gasteiger partial charge in [-0.1, -0.05) is 6.92 Å². The fourth-order valence-corrected chi connectivity index (χ4v) is 5.75. The molecule has 1 aromatic rings. The van der Waals surface area contributed by atoms with E-state index in [4.69, 9.17) is 4.74 Å². The van der Waals surface area contributed by atoms with E-state index in [9.17, 15) is 8.42 Å². The Kier molecular flexibility index (Phi) is 5.79. The molecule has 0 saturated carbocycles. The normalized spacial score (nSPS) is 20.2. The molecular formula is C14H24N2O3S2. The lowest BCUT2D eigenvalue weighted by atomic mass is 10.1. The number of aryl methyl sites for hydroxylation is 1. The Morgan fingerprint density at radius 3 is 2.95 bits per heavy atom. The molecule has 21 heavy (non-hydrogen) atoms. The van der Waals surface area contributed by atoms with Crippen LogP contribution in [0.3, 0.4) is 0 Å². The van der Waals surface area contributed by atoms with Crippen LogP contribution in [0.15, 0.2) is 11.0 Å². The number of sulfonamides is 1. The third-order valence-electron chi connectivity index (χ3n) is 3.74. The number of thiophene rings is 1. The molecule has 120 valence electrons. The van der Waals surface area contributed by atoms with Crippen molar-refractivity contribution in [1.29, 1.82) is 0 Å². The predicted octanol–water partition coefficient (Wildman–Crippen LogP) is 1.82. The van der Waals surface area contributed by atoms with Crippen molar-refractivity contribution >= 4 is 21.4 Å². The summed E-state index contributed by atoms with van der Waals surface area (Å²) in [6, 6.07) is 1.82. The van der Waals surface area contributed by atoms with E-state index in [1.165, 1.54) is 0 Å². The van der Waals surface area contributed by atoms with Crippen LogP contribution in [0.4, 0.5) is 0 Å². The van der Waals surface area contributed by atoms with Gasteiger partial charge in [-0.15, -0.1) is 11.3 Å². The maximum atomic E-state index is 12.8. The van der Waals surface area contributed by atoms with Gasteiger partial charge in [-0.2, -0.15) is 4.31 Å². The summed E-state index contributed by atoms with van der Waals surface area (Å²) in [6.07, 6.45) is 0.875. The Hall–Kier alpha value is -0.470. The van der Waals surface area contributed by atoms with Gasteiger partial charge in [-0.3, -0.25) is 0 Å². The van der Waals surface area contributed by atoms with Crippen LogP contribution in [-0.2, 0) is 21.3 Å². The van der Waals surface area contributed by atoms with Crippen molar-refractivity contribution in [3.63, 3.8) is 0 Å². The number of nitrogens with one attached hydrogen (secondary N) is 1. The van der Waals surface area contributed by atoms with Crippen molar-refractivity contribution in [2.45, 2.75) is 31.7 Å². The van der Waals surface area contributed by atoms with E-state index >= 15 is 0 Å². The minimum absolute atomic E-state index is 0.310. The van der Waals surface area contributed by atoms with Gasteiger partial charge in [0.25, 0.3) is 0 Å². The van der Waals surface area contributed by atoms with E-state index in [0.29, 0.717) is 30.5 Å². The Labute approximate surface area is 131 Å². The monoisotopic (exact) mass is 332 g/mol. The molecule has 1 aliphatic heterocycles. The predicted molar refractivity (Wildman–Crippen MR) is 85.2 cm³/mol. The molecule has 0 amide bonds. The van der Waals surface area contributed by atoms with Gasteiger partial charge in [0, 0.05) is 36.5 Å². The summed E-state index contributed by atoms with van der Waals surface area (Å²) >= 11 is 1.56. The smallest absolute Gasteiger partial charge is 0.244 e. The van der Waals surface area contributed by atoms with Crippen molar-refractivity contribution < 1.29 is 13.2 Å². The maximum Gasteiger partial charge on any atom is 0.244 e. The molecule has 1 saturated heterocycles. The van der Waals surface area contributed by atoms with Crippen LogP contribution >= 0.6 is 11.3 Å². The second kappa shape index (κ2) is 7.19. The SMILES string of the molecule is CCNCc1cc(S(=O)(=O)N2CCC(COC)C2)c(C)s1. The number of methoxy groups -OCH3 is 1. The molecule has 1 N–H and O–H groups in total. The molecule has 1 aromatic heterocycles. The molecule has 2 heterocycles. The Morgan fingerprint density at radius 2 is 2.29 bits per heavy atom. The van der Waals surface area contributed by atoms with Crippen LogP contribution in [0.25, 0.3) is 0 Å². The van der Waals surface area contributed by atoms with E-state index in [1.54, 1.807) is 22.8 Å². The summed E-state index contributed by atoms with van der Waals surface area (Å²) < 4.78 is 32.3. The molecule has 2 rings (SSSR count). The lowest BCUT2D eigenvalue weighted by Gasteiger charge is -2.16. The van der Waals surface area contributed by atoms with Crippen molar-refractivity contribution in [3.8, 4) is 0 Å². The zero-order valence-corrected chi connectivity index (χ0v) is 14.5. The number of rotatable bonds is 7. The quantitative estimate of drug-likeness (QED) is 0.827. The van der Waals surface area contributed by atoms with Crippen LogP contribution in [0.1, 0.15) is 23.1 Å². The Balaban J connectivity index is 2.14. The lowest BCUT2D eigenvalue weighted by molar-refractivity contribution is 0.157. The minimum Gasteiger partial charge on any atom is -0.384 e. The van der Waals surface area contributed by atoms with Crippen LogP contribution in [-0.4, -0.2) is 46.1 Å². The van der Waals surface area contributed by atoms with Gasteiger partial charge < -0.3 is 10.1 Å². The summed E-state index contributed by atoms with van der Waals surface area (Å²) in [5.74, 6) is 0.310. The number of nitrogens with zero attached hydrogens (tertiary/aromatic N) is 1. The standard InChI is InChI=1S/C14H24N2O3S2/c1-4-15-8-13-7-14(11(2)20-13)21(17,18)16-6-5-12(9-16)10-19-3/h7,12,15H,4-6,8-10H2,1-3H3. The molecule has 0 bridgehead atoms. The Bertz CT molecular complexity index is 569. The summed E-state index contributed by atoms with van der Waals surface area (Å²) in [5.41, 5.74) is 0. The molecule has 0 aromatic carbocycles. The maximum absolute atomic E-state index is 12.8. The first kappa shape index (κ1) is 16.9. The molecule has 1 fully saturated rings. The number of ether oxygens (including phenoxy) is 1. The molecule has 1 atom stereocenters. The van der Waals surface area contributed by atoms with Crippen LogP contribution in [0, 0.1) is 12.8 Å². The average molecular weight is 332 g/mol. The first-order chi connectivity index (χ1) is 9.98. The van der Waals surface area contributed by atoms with Gasteiger partial charge in [0.1, 0.15) is 0 Å². The zero-order chi connectivity index (χ0) is 15.5. The fraction of sp³-hybridized carbons (Fsp3) is 0.714. The van der Waals surface area contributed by atoms with E-state index in [1.807, 2.05) is 19.9 Å². The van der Waals surface area contributed by atoms with Gasteiger partial charge in [0.2, 0.25) is 10.0 Å². The summed E-state index contributed by atoms with van der Waals surface area (Å²) in [4.78, 5) is 2.41. The molecule has 5 nitrogen and oxygen atoms in total. The highest BCUT2D eigenvalue weighted by atomic mass is 32.2. The highest BCUT2D eigenvalue weighted by Gasteiger charge is 2.34. The van der Waals surface area contributed by atoms with Crippen molar-refractivity contribution in [3.05, 3.63) is 15.8 Å². The van der Waals surface area contributed by atoms with E-state index < -0.39 is 10.0 Å². The van der Waals surface area contributed by atoms with Crippen molar-refractivity contribution in [2.75, 3.05) is 33.4 Å². The van der Waals surface area contributed by atoms with E-state index in [0.717, 1.165) is 29.3 Å². The van der Waals surface area contributed by atoms with Gasteiger partial charge in [-0.25, -0.2) is 8.42 Å². The van der Waals surface area contributed by atoms with Crippen LogP contribution in [0.5, 0.6) is 0 Å². The molecule has 7 heteroatoms. The van der Waals surface area contributed by atoms with Gasteiger partial charge >= 0.3 is 0 Å². The van der Waals surface area contributed by atoms with Crippen molar-refractivity contribution in [1.82, 2.24) is 9.62 Å². The van der Waals surface area contributed by atoms with Gasteiger partial charge in [0.15, 0.2) is 0 Å². The van der Waals surface area contributed by atoms with Crippen LogP contribution < -0.4 is 5.32 Å². The molecule has 1 aliphatic rings. The highest BCUT2D eigenvalue weighted by molar-refractivity contribution is 7.89. The minimum atomic E-state index is -3.36. The largest absolute Gasteiger partial charge is 0.384 e.